The second-order valence-electron chi connectivity index (χ2n) is 4.90. The minimum absolute atomic E-state index is 0.173. The van der Waals surface area contributed by atoms with Gasteiger partial charge >= 0.3 is 0 Å². The number of benzene rings is 1. The van der Waals surface area contributed by atoms with Gasteiger partial charge in [0.1, 0.15) is 16.7 Å². The third-order valence-electron chi connectivity index (χ3n) is 3.59. The minimum atomic E-state index is 0.173. The molecule has 1 aliphatic rings. The Balaban J connectivity index is 1.93. The van der Waals surface area contributed by atoms with Crippen LogP contribution >= 0.6 is 11.6 Å². The maximum atomic E-state index is 6.15. The molecule has 0 fully saturated rings. The molecule has 3 nitrogen and oxygen atoms in total. The summed E-state index contributed by atoms with van der Waals surface area (Å²) in [6, 6.07) is 8.10. The zero-order valence-electron chi connectivity index (χ0n) is 11.0. The standard InChI is InChI=1S/C15H15ClN2O/c1-9-10(2)17-15(18-14(9)16)12-7-11-5-3-4-6-13(11)19-8-12/h3-6,12H,7-8H2,1-2H3. The normalized spacial score (nSPS) is 17.7. The van der Waals surface area contributed by atoms with E-state index in [1.54, 1.807) is 0 Å². The lowest BCUT2D eigenvalue weighted by molar-refractivity contribution is 0.257. The van der Waals surface area contributed by atoms with Crippen LogP contribution in [0.15, 0.2) is 24.3 Å². The van der Waals surface area contributed by atoms with Crippen molar-refractivity contribution in [1.82, 2.24) is 9.97 Å². The predicted octanol–water partition coefficient (Wildman–Crippen LogP) is 3.47. The fraction of sp³-hybridized carbons (Fsp3) is 0.333. The number of hydrogen-bond acceptors (Lipinski definition) is 3. The minimum Gasteiger partial charge on any atom is -0.493 e. The average Bonchev–Trinajstić information content (AvgIpc) is 2.43. The van der Waals surface area contributed by atoms with Gasteiger partial charge in [-0.1, -0.05) is 29.8 Å². The van der Waals surface area contributed by atoms with Gasteiger partial charge in [-0.3, -0.25) is 0 Å². The van der Waals surface area contributed by atoms with E-state index in [2.05, 4.69) is 16.0 Å². The van der Waals surface area contributed by atoms with Crippen molar-refractivity contribution < 1.29 is 4.74 Å². The van der Waals surface area contributed by atoms with Gasteiger partial charge in [0.2, 0.25) is 0 Å². The molecule has 1 aromatic heterocycles. The summed E-state index contributed by atoms with van der Waals surface area (Å²) < 4.78 is 5.78. The molecule has 2 aromatic rings. The van der Waals surface area contributed by atoms with Gasteiger partial charge in [0.05, 0.1) is 12.5 Å². The summed E-state index contributed by atoms with van der Waals surface area (Å²) in [4.78, 5) is 8.96. The van der Waals surface area contributed by atoms with Gasteiger partial charge < -0.3 is 4.74 Å². The second-order valence-corrected chi connectivity index (χ2v) is 5.26. The number of halogens is 1. The molecule has 0 saturated heterocycles. The van der Waals surface area contributed by atoms with Gasteiger partial charge in [-0.15, -0.1) is 0 Å². The Labute approximate surface area is 117 Å². The molecule has 0 bridgehead atoms. The first-order valence-corrected chi connectivity index (χ1v) is 6.74. The molecule has 1 aromatic carbocycles. The fourth-order valence-corrected chi connectivity index (χ4v) is 2.51. The van der Waals surface area contributed by atoms with Gasteiger partial charge in [0.25, 0.3) is 0 Å². The molecule has 0 N–H and O–H groups in total. The number of nitrogens with zero attached hydrogens (tertiary/aromatic N) is 2. The first-order chi connectivity index (χ1) is 9.15. The monoisotopic (exact) mass is 274 g/mol. The molecule has 1 atom stereocenters. The molecule has 0 amide bonds. The van der Waals surface area contributed by atoms with Crippen LogP contribution in [0.4, 0.5) is 0 Å². The first-order valence-electron chi connectivity index (χ1n) is 6.36. The zero-order valence-corrected chi connectivity index (χ0v) is 11.7. The van der Waals surface area contributed by atoms with Crippen LogP contribution in [-0.2, 0) is 6.42 Å². The van der Waals surface area contributed by atoms with Crippen molar-refractivity contribution in [2.75, 3.05) is 6.61 Å². The molecule has 4 heteroatoms. The van der Waals surface area contributed by atoms with E-state index in [-0.39, 0.29) is 5.92 Å². The van der Waals surface area contributed by atoms with Crippen LogP contribution in [0.25, 0.3) is 0 Å². The number of fused-ring (bicyclic) bond motifs is 1. The molecule has 1 aliphatic heterocycles. The smallest absolute Gasteiger partial charge is 0.137 e. The third-order valence-corrected chi connectivity index (χ3v) is 3.96. The summed E-state index contributed by atoms with van der Waals surface area (Å²) in [5, 5.41) is 0.543. The lowest BCUT2D eigenvalue weighted by Crippen LogP contribution is -2.21. The van der Waals surface area contributed by atoms with Gasteiger partial charge in [-0.25, -0.2) is 9.97 Å². The molecule has 98 valence electrons. The van der Waals surface area contributed by atoms with E-state index in [1.807, 2.05) is 32.0 Å². The van der Waals surface area contributed by atoms with Crippen LogP contribution in [0.1, 0.15) is 28.6 Å². The third kappa shape index (κ3) is 2.30. The quantitative estimate of drug-likeness (QED) is 0.747. The van der Waals surface area contributed by atoms with Crippen LogP contribution in [0.5, 0.6) is 5.75 Å². The molecule has 19 heavy (non-hydrogen) atoms. The van der Waals surface area contributed by atoms with Crippen LogP contribution < -0.4 is 4.74 Å². The van der Waals surface area contributed by atoms with Gasteiger partial charge in [-0.05, 0) is 31.9 Å². The Kier molecular flexibility index (Phi) is 3.15. The highest BCUT2D eigenvalue weighted by Gasteiger charge is 2.24. The average molecular weight is 275 g/mol. The highest BCUT2D eigenvalue weighted by molar-refractivity contribution is 6.30. The Morgan fingerprint density at radius 1 is 1.21 bits per heavy atom. The van der Waals surface area contributed by atoms with E-state index < -0.39 is 0 Å². The van der Waals surface area contributed by atoms with Crippen molar-refractivity contribution in [2.45, 2.75) is 26.2 Å². The molecule has 0 saturated carbocycles. The topological polar surface area (TPSA) is 35.0 Å². The number of aromatic nitrogens is 2. The van der Waals surface area contributed by atoms with E-state index >= 15 is 0 Å². The highest BCUT2D eigenvalue weighted by Crippen LogP contribution is 2.31. The summed E-state index contributed by atoms with van der Waals surface area (Å²) in [5.41, 5.74) is 3.09. The van der Waals surface area contributed by atoms with E-state index in [1.165, 1.54) is 5.56 Å². The summed E-state index contributed by atoms with van der Waals surface area (Å²) in [6.07, 6.45) is 0.898. The molecular formula is C15H15ClN2O. The van der Waals surface area contributed by atoms with Gasteiger partial charge in [-0.2, -0.15) is 0 Å². The Hall–Kier alpha value is -1.61. The van der Waals surface area contributed by atoms with Crippen molar-refractivity contribution >= 4 is 11.6 Å². The molecule has 1 unspecified atom stereocenters. The van der Waals surface area contributed by atoms with Crippen molar-refractivity contribution in [3.05, 3.63) is 52.1 Å². The maximum Gasteiger partial charge on any atom is 0.137 e. The number of aryl methyl sites for hydroxylation is 1. The maximum absolute atomic E-state index is 6.15. The summed E-state index contributed by atoms with van der Waals surface area (Å²) in [5.74, 6) is 1.92. The highest BCUT2D eigenvalue weighted by atomic mass is 35.5. The fourth-order valence-electron chi connectivity index (χ4n) is 2.29. The van der Waals surface area contributed by atoms with Crippen LogP contribution in [-0.4, -0.2) is 16.6 Å². The van der Waals surface area contributed by atoms with E-state index in [4.69, 9.17) is 16.3 Å². The SMILES string of the molecule is Cc1nc(C2COc3ccccc3C2)nc(Cl)c1C. The van der Waals surface area contributed by atoms with E-state index in [0.717, 1.165) is 29.3 Å². The molecule has 0 radical (unpaired) electrons. The zero-order chi connectivity index (χ0) is 13.4. The van der Waals surface area contributed by atoms with Crippen molar-refractivity contribution in [3.63, 3.8) is 0 Å². The number of rotatable bonds is 1. The Morgan fingerprint density at radius 3 is 2.79 bits per heavy atom. The number of ether oxygens (including phenoxy) is 1. The van der Waals surface area contributed by atoms with Crippen LogP contribution in [0, 0.1) is 13.8 Å². The summed E-state index contributed by atoms with van der Waals surface area (Å²) >= 11 is 6.15. The predicted molar refractivity (Wildman–Crippen MR) is 74.9 cm³/mol. The molecular weight excluding hydrogens is 260 g/mol. The first kappa shape index (κ1) is 12.4. The lowest BCUT2D eigenvalue weighted by atomic mass is 9.96. The molecule has 2 heterocycles. The van der Waals surface area contributed by atoms with E-state index in [0.29, 0.717) is 11.8 Å². The Bertz CT molecular complexity index is 604. The summed E-state index contributed by atoms with van der Waals surface area (Å²) in [7, 11) is 0. The largest absolute Gasteiger partial charge is 0.493 e. The van der Waals surface area contributed by atoms with Crippen LogP contribution in [0.3, 0.4) is 0 Å². The van der Waals surface area contributed by atoms with Gasteiger partial charge in [0, 0.05) is 11.3 Å². The van der Waals surface area contributed by atoms with E-state index in [9.17, 15) is 0 Å². The van der Waals surface area contributed by atoms with Crippen LogP contribution in [0.2, 0.25) is 5.15 Å². The summed E-state index contributed by atoms with van der Waals surface area (Å²) in [6.45, 7) is 4.51. The number of hydrogen-bond donors (Lipinski definition) is 0. The van der Waals surface area contributed by atoms with Crippen molar-refractivity contribution in [2.24, 2.45) is 0 Å². The van der Waals surface area contributed by atoms with Crippen molar-refractivity contribution in [3.8, 4) is 5.75 Å². The second kappa shape index (κ2) is 4.82. The molecule has 3 rings (SSSR count). The number of para-hydroxylation sites is 1. The lowest BCUT2D eigenvalue weighted by Gasteiger charge is -2.24. The van der Waals surface area contributed by atoms with Gasteiger partial charge in [0.15, 0.2) is 0 Å². The van der Waals surface area contributed by atoms with Crippen molar-refractivity contribution in [1.29, 1.82) is 0 Å². The molecule has 0 spiro atoms. The molecule has 0 aliphatic carbocycles. The Morgan fingerprint density at radius 2 is 2.00 bits per heavy atom.